The topological polar surface area (TPSA) is 69.7 Å². The van der Waals surface area contributed by atoms with Crippen LogP contribution in [0.15, 0.2) is 42.5 Å². The molecule has 2 aromatic rings. The number of hydrogen-bond donors (Lipinski definition) is 3. The van der Waals surface area contributed by atoms with Crippen LogP contribution in [0, 0.1) is 0 Å². The van der Waals surface area contributed by atoms with E-state index >= 15 is 0 Å². The predicted octanol–water partition coefficient (Wildman–Crippen LogP) is 2.71. The molecular formula is C15H18N2O2. The number of nitrogen functional groups attached to an aromatic ring is 1. The van der Waals surface area contributed by atoms with Crippen LogP contribution in [0.1, 0.15) is 12.5 Å². The summed E-state index contributed by atoms with van der Waals surface area (Å²) in [6.07, 6.45) is 0. The smallest absolute Gasteiger partial charge is 0.138 e. The molecule has 0 aliphatic carbocycles. The first-order valence-electron chi connectivity index (χ1n) is 6.21. The molecule has 2 rings (SSSR count). The third kappa shape index (κ3) is 3.10. The fourth-order valence-electron chi connectivity index (χ4n) is 2.00. The summed E-state index contributed by atoms with van der Waals surface area (Å²) in [7, 11) is 0. The van der Waals surface area contributed by atoms with E-state index < -0.39 is 0 Å². The molecule has 4 nitrogen and oxygen atoms in total. The number of phenolic OH excluding ortho intramolecular Hbond substituents is 2. The van der Waals surface area contributed by atoms with Gasteiger partial charge < -0.3 is 20.8 Å². The number of nitrogens with zero attached hydrogens (tertiary/aromatic N) is 1. The first kappa shape index (κ1) is 13.1. The normalized spacial score (nSPS) is 10.4. The van der Waals surface area contributed by atoms with E-state index in [0.717, 1.165) is 17.8 Å². The number of rotatable bonds is 4. The zero-order valence-electron chi connectivity index (χ0n) is 10.9. The molecule has 0 bridgehead atoms. The highest BCUT2D eigenvalue weighted by Crippen LogP contribution is 2.24. The molecule has 4 heteroatoms. The molecule has 0 amide bonds. The zero-order chi connectivity index (χ0) is 13.8. The summed E-state index contributed by atoms with van der Waals surface area (Å²) in [5, 5.41) is 18.9. The maximum absolute atomic E-state index is 9.52. The lowest BCUT2D eigenvalue weighted by atomic mass is 10.1. The van der Waals surface area contributed by atoms with Gasteiger partial charge in [-0.3, -0.25) is 0 Å². The fourth-order valence-corrected chi connectivity index (χ4v) is 2.00. The second-order valence-corrected chi connectivity index (χ2v) is 4.43. The second kappa shape index (κ2) is 5.52. The summed E-state index contributed by atoms with van der Waals surface area (Å²) >= 11 is 0. The van der Waals surface area contributed by atoms with Crippen molar-refractivity contribution >= 4 is 11.4 Å². The summed E-state index contributed by atoms with van der Waals surface area (Å²) in [5.41, 5.74) is 8.04. The molecule has 4 N–H and O–H groups in total. The van der Waals surface area contributed by atoms with E-state index in [1.165, 1.54) is 0 Å². The van der Waals surface area contributed by atoms with Crippen molar-refractivity contribution in [2.24, 2.45) is 0 Å². The van der Waals surface area contributed by atoms with Gasteiger partial charge in [-0.2, -0.15) is 0 Å². The molecule has 0 unspecified atom stereocenters. The zero-order valence-corrected chi connectivity index (χ0v) is 10.9. The Morgan fingerprint density at radius 3 is 2.53 bits per heavy atom. The van der Waals surface area contributed by atoms with Crippen LogP contribution in [0.25, 0.3) is 0 Å². The van der Waals surface area contributed by atoms with E-state index in [9.17, 15) is 10.2 Å². The van der Waals surface area contributed by atoms with Crippen LogP contribution in [-0.2, 0) is 6.54 Å². The quantitative estimate of drug-likeness (QED) is 0.582. The number of nitrogens with two attached hydrogens (primary N) is 1. The van der Waals surface area contributed by atoms with Crippen LogP contribution >= 0.6 is 0 Å². The predicted molar refractivity (Wildman–Crippen MR) is 77.4 cm³/mol. The highest BCUT2D eigenvalue weighted by atomic mass is 16.3. The largest absolute Gasteiger partial charge is 0.508 e. The molecule has 100 valence electrons. The van der Waals surface area contributed by atoms with Crippen molar-refractivity contribution in [2.45, 2.75) is 13.5 Å². The SMILES string of the molecule is CCN(Cc1ccc(O)c(N)c1)c1cccc(O)c1. The summed E-state index contributed by atoms with van der Waals surface area (Å²) in [4.78, 5) is 2.12. The van der Waals surface area contributed by atoms with Gasteiger partial charge in [-0.15, -0.1) is 0 Å². The third-order valence-electron chi connectivity index (χ3n) is 3.04. The van der Waals surface area contributed by atoms with Gasteiger partial charge in [0.05, 0.1) is 5.69 Å². The van der Waals surface area contributed by atoms with Crippen LogP contribution in [0.5, 0.6) is 11.5 Å². The summed E-state index contributed by atoms with van der Waals surface area (Å²) in [6.45, 7) is 3.53. The minimum Gasteiger partial charge on any atom is -0.508 e. The monoisotopic (exact) mass is 258 g/mol. The Hall–Kier alpha value is -2.36. The van der Waals surface area contributed by atoms with Gasteiger partial charge in [0.15, 0.2) is 0 Å². The second-order valence-electron chi connectivity index (χ2n) is 4.43. The summed E-state index contributed by atoms with van der Waals surface area (Å²) in [5.74, 6) is 0.352. The van der Waals surface area contributed by atoms with Gasteiger partial charge in [0.1, 0.15) is 11.5 Å². The Labute approximate surface area is 112 Å². The van der Waals surface area contributed by atoms with Crippen molar-refractivity contribution in [3.63, 3.8) is 0 Å². The van der Waals surface area contributed by atoms with Crippen LogP contribution < -0.4 is 10.6 Å². The maximum Gasteiger partial charge on any atom is 0.138 e. The lowest BCUT2D eigenvalue weighted by molar-refractivity contribution is 0.475. The minimum absolute atomic E-state index is 0.101. The van der Waals surface area contributed by atoms with Crippen molar-refractivity contribution in [2.75, 3.05) is 17.2 Å². The van der Waals surface area contributed by atoms with Crippen molar-refractivity contribution in [3.05, 3.63) is 48.0 Å². The Morgan fingerprint density at radius 1 is 1.11 bits per heavy atom. The van der Waals surface area contributed by atoms with Crippen molar-refractivity contribution in [1.29, 1.82) is 0 Å². The summed E-state index contributed by atoms with van der Waals surface area (Å²) < 4.78 is 0. The number of benzene rings is 2. The van der Waals surface area contributed by atoms with Gasteiger partial charge in [0, 0.05) is 24.8 Å². The van der Waals surface area contributed by atoms with Crippen molar-refractivity contribution in [3.8, 4) is 11.5 Å². The standard InChI is InChI=1S/C15H18N2O2/c1-2-17(12-4-3-5-13(18)9-12)10-11-6-7-15(19)14(16)8-11/h3-9,18-19H,2,10,16H2,1H3. The van der Waals surface area contributed by atoms with Gasteiger partial charge in [0.2, 0.25) is 0 Å². The maximum atomic E-state index is 9.52. The van der Waals surface area contributed by atoms with Crippen LogP contribution in [0.3, 0.4) is 0 Å². The van der Waals surface area contributed by atoms with E-state index in [1.807, 2.05) is 25.1 Å². The number of anilines is 2. The third-order valence-corrected chi connectivity index (χ3v) is 3.04. The first-order chi connectivity index (χ1) is 9.10. The van der Waals surface area contributed by atoms with Crippen LogP contribution in [0.2, 0.25) is 0 Å². The number of aromatic hydroxyl groups is 2. The molecule has 0 spiro atoms. The minimum atomic E-state index is 0.101. The molecule has 0 aromatic heterocycles. The van der Waals surface area contributed by atoms with Crippen molar-refractivity contribution in [1.82, 2.24) is 0 Å². The van der Waals surface area contributed by atoms with Gasteiger partial charge >= 0.3 is 0 Å². The molecule has 0 saturated carbocycles. The van der Waals surface area contributed by atoms with E-state index in [1.54, 1.807) is 24.3 Å². The molecule has 0 heterocycles. The lowest BCUT2D eigenvalue weighted by Crippen LogP contribution is -2.21. The number of phenols is 2. The fraction of sp³-hybridized carbons (Fsp3) is 0.200. The molecule has 0 saturated heterocycles. The Bertz CT molecular complexity index is 570. The molecule has 0 aliphatic rings. The van der Waals surface area contributed by atoms with E-state index in [0.29, 0.717) is 12.2 Å². The Morgan fingerprint density at radius 2 is 1.89 bits per heavy atom. The van der Waals surface area contributed by atoms with Crippen LogP contribution in [-0.4, -0.2) is 16.8 Å². The van der Waals surface area contributed by atoms with Gasteiger partial charge in [0.25, 0.3) is 0 Å². The summed E-state index contributed by atoms with van der Waals surface area (Å²) in [6, 6.07) is 12.4. The highest BCUT2D eigenvalue weighted by molar-refractivity contribution is 5.55. The van der Waals surface area contributed by atoms with E-state index in [2.05, 4.69) is 4.90 Å². The van der Waals surface area contributed by atoms with E-state index in [-0.39, 0.29) is 11.5 Å². The van der Waals surface area contributed by atoms with Crippen molar-refractivity contribution < 1.29 is 10.2 Å². The molecule has 0 aliphatic heterocycles. The van der Waals surface area contributed by atoms with Gasteiger partial charge in [-0.1, -0.05) is 12.1 Å². The first-order valence-corrected chi connectivity index (χ1v) is 6.21. The van der Waals surface area contributed by atoms with Gasteiger partial charge in [-0.25, -0.2) is 0 Å². The molecular weight excluding hydrogens is 240 g/mol. The Balaban J connectivity index is 2.21. The molecule has 0 fully saturated rings. The average molecular weight is 258 g/mol. The molecule has 2 aromatic carbocycles. The van der Waals surface area contributed by atoms with E-state index in [4.69, 9.17) is 5.73 Å². The molecule has 0 radical (unpaired) electrons. The highest BCUT2D eigenvalue weighted by Gasteiger charge is 2.07. The van der Waals surface area contributed by atoms with Gasteiger partial charge in [-0.05, 0) is 36.8 Å². The average Bonchev–Trinajstić information content (AvgIpc) is 2.40. The Kier molecular flexibility index (Phi) is 3.80. The molecule has 0 atom stereocenters. The lowest BCUT2D eigenvalue weighted by Gasteiger charge is -2.23. The molecule has 19 heavy (non-hydrogen) atoms. The van der Waals surface area contributed by atoms with Crippen LogP contribution in [0.4, 0.5) is 11.4 Å². The number of hydrogen-bond acceptors (Lipinski definition) is 4.